The Hall–Kier alpha value is -3.59. The average Bonchev–Trinajstić information content (AvgIpc) is 3.36. The molecule has 0 amide bonds. The number of phosphoric ester groups is 1. The quantitative estimate of drug-likeness (QED) is 0.0264. The summed E-state index contributed by atoms with van der Waals surface area (Å²) in [7, 11) is -4.40. The number of phosphoric acid groups is 1. The van der Waals surface area contributed by atoms with Gasteiger partial charge >= 0.3 is 19.8 Å². The van der Waals surface area contributed by atoms with Crippen molar-refractivity contribution >= 4 is 19.8 Å². The van der Waals surface area contributed by atoms with Crippen LogP contribution in [-0.4, -0.2) is 49.3 Å². The van der Waals surface area contributed by atoms with Crippen LogP contribution in [0.15, 0.2) is 122 Å². The van der Waals surface area contributed by atoms with Gasteiger partial charge in [0, 0.05) is 19.4 Å². The zero-order valence-corrected chi connectivity index (χ0v) is 45.8. The molecule has 0 aliphatic heterocycles. The summed E-state index contributed by atoms with van der Waals surface area (Å²) in [5.74, 6) is -0.866. The van der Waals surface area contributed by atoms with Gasteiger partial charge in [0.1, 0.15) is 6.61 Å². The molecule has 2 unspecified atom stereocenters. The second-order valence-corrected chi connectivity index (χ2v) is 19.5. The molecule has 0 spiro atoms. The number of nitrogens with two attached hydrogens (primary N) is 1. The van der Waals surface area contributed by atoms with Gasteiger partial charge in [0.2, 0.25) is 0 Å². The smallest absolute Gasteiger partial charge is 0.462 e. The van der Waals surface area contributed by atoms with Crippen molar-refractivity contribution in [2.75, 3.05) is 26.4 Å². The van der Waals surface area contributed by atoms with Crippen molar-refractivity contribution in [1.82, 2.24) is 0 Å². The maximum atomic E-state index is 12.7. The highest BCUT2D eigenvalue weighted by molar-refractivity contribution is 7.47. The fraction of sp³-hybridized carbons (Fsp3) is 0.639. The Kier molecular flexibility index (Phi) is 52.9. The highest BCUT2D eigenvalue weighted by atomic mass is 31.2. The molecule has 0 aromatic carbocycles. The molecule has 0 saturated carbocycles. The lowest BCUT2D eigenvalue weighted by molar-refractivity contribution is -0.161. The third kappa shape index (κ3) is 55.6. The molecule has 71 heavy (non-hydrogen) atoms. The minimum Gasteiger partial charge on any atom is -0.462 e. The number of esters is 2. The zero-order valence-electron chi connectivity index (χ0n) is 44.9. The van der Waals surface area contributed by atoms with Crippen molar-refractivity contribution in [3.8, 4) is 0 Å². The molecule has 10 heteroatoms. The van der Waals surface area contributed by atoms with Gasteiger partial charge in [-0.3, -0.25) is 18.6 Å². The Morgan fingerprint density at radius 2 is 0.775 bits per heavy atom. The van der Waals surface area contributed by atoms with E-state index in [0.29, 0.717) is 12.8 Å². The van der Waals surface area contributed by atoms with E-state index in [1.54, 1.807) is 0 Å². The van der Waals surface area contributed by atoms with Gasteiger partial charge in [0.05, 0.1) is 13.2 Å². The van der Waals surface area contributed by atoms with Crippen LogP contribution in [0.3, 0.4) is 0 Å². The van der Waals surface area contributed by atoms with Gasteiger partial charge in [-0.15, -0.1) is 0 Å². The lowest BCUT2D eigenvalue weighted by atomic mass is 10.1. The molecule has 0 aromatic heterocycles. The van der Waals surface area contributed by atoms with E-state index >= 15 is 0 Å². The van der Waals surface area contributed by atoms with E-state index in [4.69, 9.17) is 24.3 Å². The Morgan fingerprint density at radius 1 is 0.437 bits per heavy atom. The maximum Gasteiger partial charge on any atom is 0.472 e. The number of allylic oxidation sites excluding steroid dienone is 20. The molecular formula is C61H102NO8P. The summed E-state index contributed by atoms with van der Waals surface area (Å²) < 4.78 is 33.0. The Labute approximate surface area is 434 Å². The van der Waals surface area contributed by atoms with Crippen molar-refractivity contribution in [1.29, 1.82) is 0 Å². The first-order chi connectivity index (χ1) is 34.8. The minimum absolute atomic E-state index is 0.0418. The van der Waals surface area contributed by atoms with Crippen LogP contribution in [0.25, 0.3) is 0 Å². The summed E-state index contributed by atoms with van der Waals surface area (Å²) in [6, 6.07) is 0. The van der Waals surface area contributed by atoms with Crippen molar-refractivity contribution in [3.63, 3.8) is 0 Å². The van der Waals surface area contributed by atoms with Gasteiger partial charge in [0.25, 0.3) is 0 Å². The summed E-state index contributed by atoms with van der Waals surface area (Å²) in [5.41, 5.74) is 5.38. The Morgan fingerprint density at radius 3 is 1.15 bits per heavy atom. The molecule has 0 saturated heterocycles. The van der Waals surface area contributed by atoms with Gasteiger partial charge in [-0.25, -0.2) is 4.57 Å². The third-order valence-corrected chi connectivity index (χ3v) is 12.3. The monoisotopic (exact) mass is 1010 g/mol. The Bertz CT molecular complexity index is 1570. The molecule has 0 radical (unpaired) electrons. The van der Waals surface area contributed by atoms with Crippen LogP contribution in [0.1, 0.15) is 219 Å². The molecule has 0 aromatic rings. The summed E-state index contributed by atoms with van der Waals surface area (Å²) >= 11 is 0. The van der Waals surface area contributed by atoms with Crippen LogP contribution in [0.4, 0.5) is 0 Å². The van der Waals surface area contributed by atoms with Crippen molar-refractivity contribution in [2.24, 2.45) is 5.73 Å². The standard InChI is InChI=1S/C61H102NO8P/c1-3-5-7-9-11-13-15-17-19-21-23-25-27-28-29-30-32-34-36-38-40-42-44-46-48-50-52-54-61(64)70-59(58-69-71(65,66)68-56-55-62)57-67-60(63)53-51-49-47-45-43-41-39-37-35-33-31-26-24-22-20-18-16-14-12-10-8-6-4-2/h5,7,11,13,16-19,22-25,28-29,31-34,38,40,59H,3-4,6,8-10,12,14-15,20-21,26-27,30,35-37,39,41-58,62H2,1-2H3,(H,65,66)/b7-5-,13-11-,18-16-,19-17-,24-22-,25-23-,29-28-,33-31-,34-32-,40-38-. The second-order valence-electron chi connectivity index (χ2n) is 18.1. The van der Waals surface area contributed by atoms with Gasteiger partial charge in [0.15, 0.2) is 6.10 Å². The molecule has 0 aliphatic carbocycles. The first kappa shape index (κ1) is 67.4. The molecule has 0 rings (SSSR count). The van der Waals surface area contributed by atoms with Gasteiger partial charge in [-0.2, -0.15) is 0 Å². The number of ether oxygens (including phenoxy) is 2. The maximum absolute atomic E-state index is 12.7. The molecule has 2 atom stereocenters. The number of hydrogen-bond acceptors (Lipinski definition) is 8. The van der Waals surface area contributed by atoms with Crippen LogP contribution in [-0.2, 0) is 32.7 Å². The molecule has 9 nitrogen and oxygen atoms in total. The lowest BCUT2D eigenvalue weighted by Crippen LogP contribution is -2.29. The highest BCUT2D eigenvalue weighted by Gasteiger charge is 2.26. The molecule has 0 heterocycles. The minimum atomic E-state index is -4.40. The van der Waals surface area contributed by atoms with Crippen LogP contribution in [0.2, 0.25) is 0 Å². The van der Waals surface area contributed by atoms with Crippen LogP contribution in [0, 0.1) is 0 Å². The normalized spacial score (nSPS) is 14.0. The molecule has 0 aliphatic rings. The van der Waals surface area contributed by atoms with E-state index in [0.717, 1.165) is 116 Å². The van der Waals surface area contributed by atoms with E-state index < -0.39 is 32.5 Å². The van der Waals surface area contributed by atoms with Crippen LogP contribution < -0.4 is 5.73 Å². The van der Waals surface area contributed by atoms with Crippen LogP contribution >= 0.6 is 7.82 Å². The van der Waals surface area contributed by atoms with Gasteiger partial charge < -0.3 is 20.1 Å². The topological polar surface area (TPSA) is 134 Å². The zero-order chi connectivity index (χ0) is 51.7. The summed E-state index contributed by atoms with van der Waals surface area (Å²) in [6.45, 7) is 3.57. The summed E-state index contributed by atoms with van der Waals surface area (Å²) in [6.07, 6.45) is 76.6. The molecule has 0 fully saturated rings. The average molecular weight is 1010 g/mol. The molecule has 3 N–H and O–H groups in total. The molecule has 0 bridgehead atoms. The van der Waals surface area contributed by atoms with Gasteiger partial charge in [-0.1, -0.05) is 219 Å². The second kappa shape index (κ2) is 55.7. The number of unbranched alkanes of at least 4 members (excludes halogenated alkanes) is 18. The largest absolute Gasteiger partial charge is 0.472 e. The predicted molar refractivity (Wildman–Crippen MR) is 302 cm³/mol. The predicted octanol–water partition coefficient (Wildman–Crippen LogP) is 17.6. The number of rotatable bonds is 51. The lowest BCUT2D eigenvalue weighted by Gasteiger charge is -2.19. The number of hydrogen-bond donors (Lipinski definition) is 2. The first-order valence-electron chi connectivity index (χ1n) is 28.0. The van der Waals surface area contributed by atoms with Gasteiger partial charge in [-0.05, 0) is 109 Å². The fourth-order valence-corrected chi connectivity index (χ4v) is 7.98. The number of carbonyl (C=O) groups is 2. The van der Waals surface area contributed by atoms with Crippen LogP contribution in [0.5, 0.6) is 0 Å². The molecule has 404 valence electrons. The highest BCUT2D eigenvalue weighted by Crippen LogP contribution is 2.43. The fourth-order valence-electron chi connectivity index (χ4n) is 7.21. The van der Waals surface area contributed by atoms with Crippen molar-refractivity contribution in [3.05, 3.63) is 122 Å². The number of carbonyl (C=O) groups excluding carboxylic acids is 2. The van der Waals surface area contributed by atoms with Crippen molar-refractivity contribution in [2.45, 2.75) is 225 Å². The third-order valence-electron chi connectivity index (χ3n) is 11.3. The van der Waals surface area contributed by atoms with E-state index in [1.165, 1.54) is 64.2 Å². The summed E-state index contributed by atoms with van der Waals surface area (Å²) in [4.78, 5) is 35.2. The first-order valence-corrected chi connectivity index (χ1v) is 29.5. The van der Waals surface area contributed by atoms with Crippen molar-refractivity contribution < 1.29 is 37.6 Å². The Balaban J connectivity index is 4.12. The van der Waals surface area contributed by atoms with E-state index in [1.807, 2.05) is 0 Å². The SMILES string of the molecule is CC/C=C\C/C=C\C/C=C\C/C=C\C/C=C\C/C=C\C/C=C\CCCCCCCC(=O)OC(COC(=O)CCCCCCCCCC/C=C\C/C=C\C/C=C\CCCCCCC)COP(=O)(O)OCCN. The van der Waals surface area contributed by atoms with E-state index in [9.17, 15) is 19.0 Å². The van der Waals surface area contributed by atoms with E-state index in [2.05, 4.69) is 135 Å². The summed E-state index contributed by atoms with van der Waals surface area (Å²) in [5, 5.41) is 0. The molecular weight excluding hydrogens is 906 g/mol. The van der Waals surface area contributed by atoms with E-state index in [-0.39, 0.29) is 32.6 Å².